The van der Waals surface area contributed by atoms with Gasteiger partial charge in [-0.3, -0.25) is 9.59 Å². The Balaban J connectivity index is 2.58. The van der Waals surface area contributed by atoms with Crippen molar-refractivity contribution in [2.24, 2.45) is 0 Å². The van der Waals surface area contributed by atoms with Crippen LogP contribution in [-0.2, 0) is 14.9 Å². The van der Waals surface area contributed by atoms with E-state index in [0.717, 1.165) is 12.8 Å². The first-order chi connectivity index (χ1) is 12.7. The molecule has 0 atom stereocenters. The van der Waals surface area contributed by atoms with Crippen LogP contribution in [0, 0.1) is 0 Å². The summed E-state index contributed by atoms with van der Waals surface area (Å²) in [4.78, 5) is 26.8. The minimum atomic E-state index is -0.144. The molecule has 0 aromatic heterocycles. The molecule has 0 saturated carbocycles. The van der Waals surface area contributed by atoms with Crippen LogP contribution in [0.5, 0.6) is 0 Å². The van der Waals surface area contributed by atoms with Gasteiger partial charge in [0.25, 0.3) is 5.91 Å². The van der Waals surface area contributed by atoms with Gasteiger partial charge in [-0.25, -0.2) is 0 Å². The number of nitrogens with one attached hydrogen (secondary N) is 1. The monoisotopic (exact) mass is 376 g/mol. The fraction of sp³-hybridized carbons (Fsp3) is 0.636. The number of amides is 2. The van der Waals surface area contributed by atoms with E-state index in [4.69, 9.17) is 4.74 Å². The third kappa shape index (κ3) is 7.33. The lowest BCUT2D eigenvalue weighted by atomic mass is 9.87. The summed E-state index contributed by atoms with van der Waals surface area (Å²) in [7, 11) is 1.64. The first-order valence-corrected chi connectivity index (χ1v) is 9.91. The third-order valence-corrected chi connectivity index (χ3v) is 4.88. The second-order valence-corrected chi connectivity index (χ2v) is 7.88. The zero-order chi connectivity index (χ0) is 20.4. The molecule has 0 aliphatic carbocycles. The highest BCUT2D eigenvalue weighted by molar-refractivity contribution is 5.94. The molecule has 2 amide bonds. The predicted molar refractivity (Wildman–Crippen MR) is 110 cm³/mol. The molecule has 0 aliphatic heterocycles. The maximum absolute atomic E-state index is 12.6. The van der Waals surface area contributed by atoms with Crippen LogP contribution >= 0.6 is 0 Å². The van der Waals surface area contributed by atoms with Crippen LogP contribution in [-0.4, -0.2) is 49.6 Å². The highest BCUT2D eigenvalue weighted by Crippen LogP contribution is 2.22. The standard InChI is InChI=1S/C22H36N2O3/c1-7-19(8-2)24(15-16-27-6)20(25)13-14-23-21(26)17-9-11-18(12-10-17)22(3,4)5/h9-12,19H,7-8,13-16H2,1-6H3,(H,23,26). The van der Waals surface area contributed by atoms with E-state index >= 15 is 0 Å². The molecule has 0 spiro atoms. The number of methoxy groups -OCH3 is 1. The highest BCUT2D eigenvalue weighted by atomic mass is 16.5. The number of carbonyl (C=O) groups is 2. The van der Waals surface area contributed by atoms with Crippen LogP contribution in [0.25, 0.3) is 0 Å². The van der Waals surface area contributed by atoms with E-state index in [0.29, 0.717) is 31.7 Å². The summed E-state index contributed by atoms with van der Waals surface area (Å²) >= 11 is 0. The second kappa shape index (κ2) is 11.1. The van der Waals surface area contributed by atoms with Gasteiger partial charge in [-0.1, -0.05) is 46.8 Å². The van der Waals surface area contributed by atoms with Crippen molar-refractivity contribution in [2.45, 2.75) is 65.3 Å². The zero-order valence-electron chi connectivity index (χ0n) is 17.8. The molecule has 0 heterocycles. The number of hydrogen-bond acceptors (Lipinski definition) is 3. The van der Waals surface area contributed by atoms with Gasteiger partial charge in [-0.15, -0.1) is 0 Å². The Bertz CT molecular complexity index is 587. The fourth-order valence-corrected chi connectivity index (χ4v) is 3.08. The number of carbonyl (C=O) groups excluding carboxylic acids is 2. The van der Waals surface area contributed by atoms with Crippen LogP contribution < -0.4 is 5.32 Å². The Morgan fingerprint density at radius 1 is 1.11 bits per heavy atom. The highest BCUT2D eigenvalue weighted by Gasteiger charge is 2.20. The summed E-state index contributed by atoms with van der Waals surface area (Å²) in [6, 6.07) is 7.87. The molecule has 0 saturated heterocycles. The number of benzene rings is 1. The molecule has 1 rings (SSSR count). The molecule has 0 radical (unpaired) electrons. The fourth-order valence-electron chi connectivity index (χ4n) is 3.08. The molecule has 0 bridgehead atoms. The SMILES string of the molecule is CCC(CC)N(CCOC)C(=O)CCNC(=O)c1ccc(C(C)(C)C)cc1. The van der Waals surface area contributed by atoms with Gasteiger partial charge in [0, 0.05) is 38.2 Å². The molecule has 0 unspecified atom stereocenters. The Morgan fingerprint density at radius 2 is 1.70 bits per heavy atom. The summed E-state index contributed by atoms with van der Waals surface area (Å²) in [5.41, 5.74) is 1.86. The number of nitrogens with zero attached hydrogens (tertiary/aromatic N) is 1. The Labute approximate surface area is 164 Å². The van der Waals surface area contributed by atoms with E-state index in [2.05, 4.69) is 39.9 Å². The quantitative estimate of drug-likeness (QED) is 0.676. The van der Waals surface area contributed by atoms with Crippen molar-refractivity contribution in [1.82, 2.24) is 10.2 Å². The second-order valence-electron chi connectivity index (χ2n) is 7.88. The average molecular weight is 377 g/mol. The minimum absolute atomic E-state index is 0.0577. The Morgan fingerprint density at radius 3 is 2.19 bits per heavy atom. The Hall–Kier alpha value is -1.88. The van der Waals surface area contributed by atoms with Crippen molar-refractivity contribution in [2.75, 3.05) is 26.8 Å². The maximum atomic E-state index is 12.6. The van der Waals surface area contributed by atoms with Crippen molar-refractivity contribution in [1.29, 1.82) is 0 Å². The van der Waals surface area contributed by atoms with E-state index in [1.807, 2.05) is 29.2 Å². The molecule has 1 aromatic carbocycles. The van der Waals surface area contributed by atoms with Gasteiger partial charge in [0.15, 0.2) is 0 Å². The first kappa shape index (κ1) is 23.2. The minimum Gasteiger partial charge on any atom is -0.383 e. The third-order valence-electron chi connectivity index (χ3n) is 4.88. The largest absolute Gasteiger partial charge is 0.383 e. The van der Waals surface area contributed by atoms with Crippen molar-refractivity contribution in [3.63, 3.8) is 0 Å². The summed E-state index contributed by atoms with van der Waals surface area (Å²) in [6.07, 6.45) is 2.13. The maximum Gasteiger partial charge on any atom is 0.251 e. The van der Waals surface area contributed by atoms with Crippen molar-refractivity contribution in [3.05, 3.63) is 35.4 Å². The van der Waals surface area contributed by atoms with Crippen molar-refractivity contribution >= 4 is 11.8 Å². The average Bonchev–Trinajstić information content (AvgIpc) is 2.64. The van der Waals surface area contributed by atoms with Crippen molar-refractivity contribution in [3.8, 4) is 0 Å². The van der Waals surface area contributed by atoms with Gasteiger partial charge in [0.05, 0.1) is 6.61 Å². The Kier molecular flexibility index (Phi) is 9.50. The molecule has 152 valence electrons. The lowest BCUT2D eigenvalue weighted by Gasteiger charge is -2.30. The molecule has 0 aliphatic rings. The summed E-state index contributed by atoms with van der Waals surface area (Å²) < 4.78 is 5.13. The summed E-state index contributed by atoms with van der Waals surface area (Å²) in [6.45, 7) is 12.0. The molecule has 5 heteroatoms. The van der Waals surface area contributed by atoms with E-state index < -0.39 is 0 Å². The molecular formula is C22H36N2O3. The molecule has 27 heavy (non-hydrogen) atoms. The van der Waals surface area contributed by atoms with E-state index in [9.17, 15) is 9.59 Å². The number of hydrogen-bond donors (Lipinski definition) is 1. The smallest absolute Gasteiger partial charge is 0.251 e. The van der Waals surface area contributed by atoms with Gasteiger partial charge < -0.3 is 15.0 Å². The first-order valence-electron chi connectivity index (χ1n) is 9.91. The molecule has 0 fully saturated rings. The lowest BCUT2D eigenvalue weighted by molar-refractivity contribution is -0.134. The lowest BCUT2D eigenvalue weighted by Crippen LogP contribution is -2.43. The van der Waals surface area contributed by atoms with Gasteiger partial charge in [-0.05, 0) is 36.0 Å². The van der Waals surface area contributed by atoms with Crippen molar-refractivity contribution < 1.29 is 14.3 Å². The van der Waals surface area contributed by atoms with Gasteiger partial charge >= 0.3 is 0 Å². The predicted octanol–water partition coefficient (Wildman–Crippen LogP) is 3.77. The van der Waals surface area contributed by atoms with Gasteiger partial charge in [0.2, 0.25) is 5.91 Å². The van der Waals surface area contributed by atoms with Crippen LogP contribution in [0.3, 0.4) is 0 Å². The van der Waals surface area contributed by atoms with E-state index in [1.54, 1.807) is 7.11 Å². The normalized spacial score (nSPS) is 11.5. The zero-order valence-corrected chi connectivity index (χ0v) is 17.8. The molecular weight excluding hydrogens is 340 g/mol. The number of rotatable bonds is 10. The molecule has 1 aromatic rings. The summed E-state index contributed by atoms with van der Waals surface area (Å²) in [5.74, 6) is -0.0848. The van der Waals surface area contributed by atoms with Crippen LogP contribution in [0.15, 0.2) is 24.3 Å². The molecule has 1 N–H and O–H groups in total. The summed E-state index contributed by atoms with van der Waals surface area (Å²) in [5, 5.41) is 2.86. The topological polar surface area (TPSA) is 58.6 Å². The van der Waals surface area contributed by atoms with Gasteiger partial charge in [-0.2, -0.15) is 0 Å². The molecule has 5 nitrogen and oxygen atoms in total. The van der Waals surface area contributed by atoms with Crippen LogP contribution in [0.4, 0.5) is 0 Å². The van der Waals surface area contributed by atoms with E-state index in [-0.39, 0.29) is 23.3 Å². The van der Waals surface area contributed by atoms with Crippen LogP contribution in [0.2, 0.25) is 0 Å². The number of ether oxygens (including phenoxy) is 1. The van der Waals surface area contributed by atoms with Gasteiger partial charge in [0.1, 0.15) is 0 Å². The van der Waals surface area contributed by atoms with E-state index in [1.165, 1.54) is 5.56 Å². The van der Waals surface area contributed by atoms with Crippen LogP contribution in [0.1, 0.15) is 69.8 Å².